The fourth-order valence-electron chi connectivity index (χ4n) is 1.48. The molecule has 17 heavy (non-hydrogen) atoms. The molecule has 0 aliphatic carbocycles. The number of nitrogens with two attached hydrogens (primary N) is 1. The summed E-state index contributed by atoms with van der Waals surface area (Å²) in [7, 11) is 0. The largest absolute Gasteiger partial charge is 0.397 e. The first-order valence-corrected chi connectivity index (χ1v) is 6.70. The second-order valence-electron chi connectivity index (χ2n) is 3.77. The molecular formula is C12H12BrN3S. The van der Waals surface area contributed by atoms with Gasteiger partial charge < -0.3 is 5.73 Å². The number of rotatable bonds is 2. The van der Waals surface area contributed by atoms with Crippen molar-refractivity contribution < 1.29 is 0 Å². The average molecular weight is 310 g/mol. The molecule has 0 aliphatic heterocycles. The maximum absolute atomic E-state index is 5.90. The molecule has 0 unspecified atom stereocenters. The summed E-state index contributed by atoms with van der Waals surface area (Å²) in [6.45, 7) is 4.03. The molecule has 3 nitrogen and oxygen atoms in total. The molecule has 0 atom stereocenters. The molecule has 2 N–H and O–H groups in total. The summed E-state index contributed by atoms with van der Waals surface area (Å²) in [5, 5.41) is 1.70. The van der Waals surface area contributed by atoms with E-state index in [-0.39, 0.29) is 0 Å². The molecule has 2 aromatic rings. The van der Waals surface area contributed by atoms with Gasteiger partial charge in [0.25, 0.3) is 0 Å². The van der Waals surface area contributed by atoms with Gasteiger partial charge in [0, 0.05) is 16.4 Å². The van der Waals surface area contributed by atoms with Crippen LogP contribution in [0.3, 0.4) is 0 Å². The zero-order valence-corrected chi connectivity index (χ0v) is 12.0. The van der Waals surface area contributed by atoms with Crippen molar-refractivity contribution in [3.8, 4) is 0 Å². The summed E-state index contributed by atoms with van der Waals surface area (Å²) < 4.78 is 0.882. The maximum atomic E-state index is 5.90. The van der Waals surface area contributed by atoms with E-state index in [9.17, 15) is 0 Å². The van der Waals surface area contributed by atoms with E-state index in [1.54, 1.807) is 6.20 Å². The first kappa shape index (κ1) is 12.4. The second kappa shape index (κ2) is 5.06. The van der Waals surface area contributed by atoms with Gasteiger partial charge in [-0.1, -0.05) is 0 Å². The number of hydrogen-bond acceptors (Lipinski definition) is 4. The molecule has 0 aliphatic rings. The molecule has 0 aromatic carbocycles. The Balaban J connectivity index is 2.31. The van der Waals surface area contributed by atoms with Gasteiger partial charge in [0.15, 0.2) is 0 Å². The molecule has 0 radical (unpaired) electrons. The van der Waals surface area contributed by atoms with Gasteiger partial charge in [-0.15, -0.1) is 0 Å². The third-order valence-electron chi connectivity index (χ3n) is 2.12. The molecule has 88 valence electrons. The number of aromatic nitrogens is 2. The number of anilines is 1. The van der Waals surface area contributed by atoms with Crippen molar-refractivity contribution in [3.63, 3.8) is 0 Å². The first-order chi connectivity index (χ1) is 8.04. The molecule has 0 saturated heterocycles. The molecule has 0 saturated carbocycles. The predicted octanol–water partition coefficient (Wildman–Crippen LogP) is 3.59. The molecule has 2 heterocycles. The quantitative estimate of drug-likeness (QED) is 0.921. The van der Waals surface area contributed by atoms with Crippen LogP contribution in [0.1, 0.15) is 11.3 Å². The molecule has 0 amide bonds. The van der Waals surface area contributed by atoms with Crippen LogP contribution in [0, 0.1) is 13.8 Å². The van der Waals surface area contributed by atoms with Crippen molar-refractivity contribution in [2.24, 2.45) is 0 Å². The minimum absolute atomic E-state index is 0.658. The van der Waals surface area contributed by atoms with E-state index in [0.29, 0.717) is 5.69 Å². The van der Waals surface area contributed by atoms with Crippen molar-refractivity contribution in [2.45, 2.75) is 23.9 Å². The molecule has 0 bridgehead atoms. The highest BCUT2D eigenvalue weighted by atomic mass is 79.9. The number of hydrogen-bond donors (Lipinski definition) is 1. The Morgan fingerprint density at radius 3 is 2.65 bits per heavy atom. The second-order valence-corrected chi connectivity index (χ2v) is 5.70. The van der Waals surface area contributed by atoms with Gasteiger partial charge in [0.05, 0.1) is 5.69 Å². The molecule has 2 aromatic heterocycles. The first-order valence-electron chi connectivity index (χ1n) is 5.09. The van der Waals surface area contributed by atoms with Crippen molar-refractivity contribution >= 4 is 33.4 Å². The van der Waals surface area contributed by atoms with Gasteiger partial charge in [0.2, 0.25) is 0 Å². The molecule has 0 fully saturated rings. The molecular weight excluding hydrogens is 298 g/mol. The fourth-order valence-corrected chi connectivity index (χ4v) is 2.75. The van der Waals surface area contributed by atoms with Crippen LogP contribution in [-0.4, -0.2) is 9.97 Å². The molecule has 5 heteroatoms. The van der Waals surface area contributed by atoms with E-state index in [1.165, 1.54) is 17.3 Å². The van der Waals surface area contributed by atoms with E-state index in [0.717, 1.165) is 20.2 Å². The van der Waals surface area contributed by atoms with Gasteiger partial charge in [-0.25, -0.2) is 9.97 Å². The van der Waals surface area contributed by atoms with Crippen molar-refractivity contribution in [3.05, 3.63) is 40.1 Å². The van der Waals surface area contributed by atoms with E-state index in [4.69, 9.17) is 5.73 Å². The predicted molar refractivity (Wildman–Crippen MR) is 74.2 cm³/mol. The highest BCUT2D eigenvalue weighted by molar-refractivity contribution is 9.10. The van der Waals surface area contributed by atoms with Crippen LogP contribution in [-0.2, 0) is 0 Å². The summed E-state index contributed by atoms with van der Waals surface area (Å²) in [4.78, 5) is 8.73. The topological polar surface area (TPSA) is 51.8 Å². The van der Waals surface area contributed by atoms with Gasteiger partial charge in [0.1, 0.15) is 10.1 Å². The van der Waals surface area contributed by atoms with Crippen LogP contribution in [0.25, 0.3) is 0 Å². The lowest BCUT2D eigenvalue weighted by atomic mass is 10.3. The third kappa shape index (κ3) is 3.20. The maximum Gasteiger partial charge on any atom is 0.125 e. The highest BCUT2D eigenvalue weighted by Crippen LogP contribution is 2.30. The molecule has 0 spiro atoms. The monoisotopic (exact) mass is 309 g/mol. The number of halogens is 1. The van der Waals surface area contributed by atoms with Gasteiger partial charge >= 0.3 is 0 Å². The van der Waals surface area contributed by atoms with Crippen LogP contribution in [0.15, 0.2) is 38.9 Å². The summed E-state index contributed by atoms with van der Waals surface area (Å²) in [6.07, 6.45) is 1.74. The minimum Gasteiger partial charge on any atom is -0.397 e. The van der Waals surface area contributed by atoms with Crippen LogP contribution in [0.2, 0.25) is 0 Å². The lowest BCUT2D eigenvalue weighted by Crippen LogP contribution is -1.93. The number of pyridine rings is 2. The van der Waals surface area contributed by atoms with Gasteiger partial charge in [-0.3, -0.25) is 0 Å². The Kier molecular flexibility index (Phi) is 3.69. The smallest absolute Gasteiger partial charge is 0.125 e. The summed E-state index contributed by atoms with van der Waals surface area (Å²) >= 11 is 4.82. The number of aryl methyl sites for hydroxylation is 2. The summed E-state index contributed by atoms with van der Waals surface area (Å²) in [5.41, 5.74) is 8.76. The lowest BCUT2D eigenvalue weighted by Gasteiger charge is -2.05. The number of nitrogens with zero attached hydrogens (tertiary/aromatic N) is 2. The van der Waals surface area contributed by atoms with E-state index in [2.05, 4.69) is 32.8 Å². The molecule has 2 rings (SSSR count). The van der Waals surface area contributed by atoms with Crippen LogP contribution >= 0.6 is 27.7 Å². The zero-order valence-electron chi connectivity index (χ0n) is 9.57. The minimum atomic E-state index is 0.658. The van der Waals surface area contributed by atoms with Crippen molar-refractivity contribution in [2.75, 3.05) is 5.73 Å². The summed E-state index contributed by atoms with van der Waals surface area (Å²) in [5.74, 6) is 0. The normalized spacial score (nSPS) is 10.5. The SMILES string of the molecule is Cc1cc(C)nc(Sc2ncc(Br)cc2N)c1. The Morgan fingerprint density at radius 1 is 1.24 bits per heavy atom. The van der Waals surface area contributed by atoms with E-state index in [1.807, 2.05) is 25.1 Å². The number of nitrogen functional groups attached to an aromatic ring is 1. The lowest BCUT2D eigenvalue weighted by molar-refractivity contribution is 1.04. The Hall–Kier alpha value is -1.07. The standard InChI is InChI=1S/C12H12BrN3S/c1-7-3-8(2)16-11(4-7)17-12-10(14)5-9(13)6-15-12/h3-6H,14H2,1-2H3. The van der Waals surface area contributed by atoms with Crippen molar-refractivity contribution in [1.82, 2.24) is 9.97 Å². The van der Waals surface area contributed by atoms with Crippen molar-refractivity contribution in [1.29, 1.82) is 0 Å². The Labute approximate surface area is 113 Å². The Morgan fingerprint density at radius 2 is 2.00 bits per heavy atom. The van der Waals surface area contributed by atoms with E-state index < -0.39 is 0 Å². The van der Waals surface area contributed by atoms with Crippen LogP contribution in [0.4, 0.5) is 5.69 Å². The van der Waals surface area contributed by atoms with Crippen LogP contribution in [0.5, 0.6) is 0 Å². The average Bonchev–Trinajstić information content (AvgIpc) is 2.21. The Bertz CT molecular complexity index is 537. The third-order valence-corrected chi connectivity index (χ3v) is 3.51. The van der Waals surface area contributed by atoms with Gasteiger partial charge in [-0.05, 0) is 65.3 Å². The highest BCUT2D eigenvalue weighted by Gasteiger charge is 2.06. The van der Waals surface area contributed by atoms with Gasteiger partial charge in [-0.2, -0.15) is 0 Å². The van der Waals surface area contributed by atoms with Crippen LogP contribution < -0.4 is 5.73 Å². The fraction of sp³-hybridized carbons (Fsp3) is 0.167. The van der Waals surface area contributed by atoms with E-state index >= 15 is 0 Å². The zero-order chi connectivity index (χ0) is 12.4. The summed E-state index contributed by atoms with van der Waals surface area (Å²) in [6, 6.07) is 5.92.